The molecule has 0 aliphatic carbocycles. The average molecular weight is 220 g/mol. The molecule has 0 aliphatic rings. The van der Waals surface area contributed by atoms with Gasteiger partial charge in [0.25, 0.3) is 0 Å². The summed E-state index contributed by atoms with van der Waals surface area (Å²) in [6, 6.07) is 8.63. The van der Waals surface area contributed by atoms with E-state index in [1.165, 1.54) is 7.11 Å². The number of amides is 1. The second-order valence-electron chi connectivity index (χ2n) is 2.90. The Balaban J connectivity index is 2.46. The van der Waals surface area contributed by atoms with Gasteiger partial charge in [0, 0.05) is 12.6 Å². The first-order valence-electron chi connectivity index (χ1n) is 4.73. The molecule has 0 unspecified atom stereocenters. The fraction of sp³-hybridized carbons (Fsp3) is 0.273. The van der Waals surface area contributed by atoms with Crippen LogP contribution in [0.1, 0.15) is 6.42 Å². The molecular weight excluding hydrogens is 208 g/mol. The molecule has 5 heteroatoms. The van der Waals surface area contributed by atoms with Crippen LogP contribution in [-0.4, -0.2) is 19.7 Å². The highest BCUT2D eigenvalue weighted by Crippen LogP contribution is 2.18. The van der Waals surface area contributed by atoms with Gasteiger partial charge >= 0.3 is 6.09 Å². The molecule has 0 radical (unpaired) electrons. The van der Waals surface area contributed by atoms with Crippen LogP contribution in [0.25, 0.3) is 0 Å². The van der Waals surface area contributed by atoms with Crippen LogP contribution in [0.5, 0.6) is 11.5 Å². The maximum absolute atomic E-state index is 11.2. The van der Waals surface area contributed by atoms with E-state index in [4.69, 9.17) is 14.7 Å². The first-order valence-corrected chi connectivity index (χ1v) is 4.73. The van der Waals surface area contributed by atoms with Crippen molar-refractivity contribution in [3.05, 3.63) is 24.3 Å². The first kappa shape index (κ1) is 11.9. The molecule has 1 rings (SSSR count). The Morgan fingerprint density at radius 3 is 2.94 bits per heavy atom. The summed E-state index contributed by atoms with van der Waals surface area (Å²) in [5.41, 5.74) is 0. The van der Waals surface area contributed by atoms with Crippen molar-refractivity contribution in [3.63, 3.8) is 0 Å². The third-order valence-corrected chi connectivity index (χ3v) is 1.76. The number of nitriles is 1. The number of hydrogen-bond acceptors (Lipinski definition) is 4. The molecular formula is C11H12N2O3. The summed E-state index contributed by atoms with van der Waals surface area (Å²) < 4.78 is 9.94. The molecule has 1 aromatic carbocycles. The number of methoxy groups -OCH3 is 1. The van der Waals surface area contributed by atoms with Crippen LogP contribution >= 0.6 is 0 Å². The highest BCUT2D eigenvalue weighted by atomic mass is 16.6. The SMILES string of the molecule is COc1cccc(OC(=O)NCCC#N)c1. The van der Waals surface area contributed by atoms with E-state index < -0.39 is 6.09 Å². The number of ether oxygens (including phenoxy) is 2. The summed E-state index contributed by atoms with van der Waals surface area (Å²) in [5.74, 6) is 1.01. The Morgan fingerprint density at radius 1 is 1.50 bits per heavy atom. The summed E-state index contributed by atoms with van der Waals surface area (Å²) in [7, 11) is 1.53. The van der Waals surface area contributed by atoms with Crippen molar-refractivity contribution >= 4 is 6.09 Å². The lowest BCUT2D eigenvalue weighted by molar-refractivity contribution is 0.200. The molecule has 0 aromatic heterocycles. The third-order valence-electron chi connectivity index (χ3n) is 1.76. The fourth-order valence-corrected chi connectivity index (χ4v) is 1.03. The lowest BCUT2D eigenvalue weighted by Gasteiger charge is -2.06. The number of nitrogens with zero attached hydrogens (tertiary/aromatic N) is 1. The van der Waals surface area contributed by atoms with E-state index in [2.05, 4.69) is 5.32 Å². The van der Waals surface area contributed by atoms with E-state index in [9.17, 15) is 4.79 Å². The topological polar surface area (TPSA) is 71.3 Å². The van der Waals surface area contributed by atoms with Crippen molar-refractivity contribution < 1.29 is 14.3 Å². The minimum Gasteiger partial charge on any atom is -0.497 e. The molecule has 0 atom stereocenters. The number of carbonyl (C=O) groups excluding carboxylic acids is 1. The van der Waals surface area contributed by atoms with Crippen molar-refractivity contribution in [2.24, 2.45) is 0 Å². The highest BCUT2D eigenvalue weighted by molar-refractivity contribution is 5.70. The van der Waals surface area contributed by atoms with Crippen LogP contribution in [0.15, 0.2) is 24.3 Å². The molecule has 0 spiro atoms. The molecule has 0 aliphatic heterocycles. The predicted octanol–water partition coefficient (Wildman–Crippen LogP) is 1.70. The van der Waals surface area contributed by atoms with Gasteiger partial charge in [-0.25, -0.2) is 4.79 Å². The van der Waals surface area contributed by atoms with E-state index >= 15 is 0 Å². The Labute approximate surface area is 93.6 Å². The molecule has 0 saturated carbocycles. The number of nitrogens with one attached hydrogen (secondary N) is 1. The Kier molecular flexibility index (Phi) is 4.67. The third kappa shape index (κ3) is 3.88. The Morgan fingerprint density at radius 2 is 2.25 bits per heavy atom. The van der Waals surface area contributed by atoms with E-state index in [0.717, 1.165) is 0 Å². The summed E-state index contributed by atoms with van der Waals surface area (Å²) in [5, 5.41) is 10.7. The molecule has 0 fully saturated rings. The van der Waals surface area contributed by atoms with Gasteiger partial charge in [0.1, 0.15) is 11.5 Å². The lowest BCUT2D eigenvalue weighted by atomic mass is 10.3. The number of carbonyl (C=O) groups is 1. The van der Waals surface area contributed by atoms with Crippen LogP contribution < -0.4 is 14.8 Å². The van der Waals surface area contributed by atoms with Gasteiger partial charge < -0.3 is 14.8 Å². The van der Waals surface area contributed by atoms with Crippen molar-refractivity contribution in [1.29, 1.82) is 5.26 Å². The smallest absolute Gasteiger partial charge is 0.412 e. The number of benzene rings is 1. The first-order chi connectivity index (χ1) is 7.76. The second-order valence-corrected chi connectivity index (χ2v) is 2.90. The summed E-state index contributed by atoms with van der Waals surface area (Å²) >= 11 is 0. The largest absolute Gasteiger partial charge is 0.497 e. The molecule has 1 N–H and O–H groups in total. The molecule has 5 nitrogen and oxygen atoms in total. The van der Waals surface area contributed by atoms with Gasteiger partial charge in [-0.1, -0.05) is 6.07 Å². The van der Waals surface area contributed by atoms with Gasteiger partial charge in [0.05, 0.1) is 19.6 Å². The van der Waals surface area contributed by atoms with Crippen LogP contribution in [0.2, 0.25) is 0 Å². The molecule has 1 amide bonds. The normalized spacial score (nSPS) is 9.00. The van der Waals surface area contributed by atoms with Crippen LogP contribution in [0, 0.1) is 11.3 Å². The van der Waals surface area contributed by atoms with E-state index in [-0.39, 0.29) is 13.0 Å². The van der Waals surface area contributed by atoms with Gasteiger partial charge in [0.2, 0.25) is 0 Å². The predicted molar refractivity (Wildman–Crippen MR) is 57.3 cm³/mol. The monoisotopic (exact) mass is 220 g/mol. The molecule has 1 aromatic rings. The van der Waals surface area contributed by atoms with Crippen LogP contribution in [0.3, 0.4) is 0 Å². The van der Waals surface area contributed by atoms with Gasteiger partial charge in [-0.2, -0.15) is 5.26 Å². The van der Waals surface area contributed by atoms with Gasteiger partial charge in [-0.15, -0.1) is 0 Å². The summed E-state index contributed by atoms with van der Waals surface area (Å²) in [6.45, 7) is 0.277. The zero-order valence-corrected chi connectivity index (χ0v) is 8.90. The van der Waals surface area contributed by atoms with Gasteiger partial charge in [0.15, 0.2) is 0 Å². The number of hydrogen-bond donors (Lipinski definition) is 1. The standard InChI is InChI=1S/C11H12N2O3/c1-15-9-4-2-5-10(8-9)16-11(14)13-7-3-6-12/h2,4-5,8H,3,7H2,1H3,(H,13,14). The Bertz CT molecular complexity index is 398. The van der Waals surface area contributed by atoms with E-state index in [1.54, 1.807) is 24.3 Å². The van der Waals surface area contributed by atoms with E-state index in [1.807, 2.05) is 6.07 Å². The van der Waals surface area contributed by atoms with E-state index in [0.29, 0.717) is 11.5 Å². The number of rotatable bonds is 4. The van der Waals surface area contributed by atoms with Crippen molar-refractivity contribution in [3.8, 4) is 17.6 Å². The molecule has 0 heterocycles. The van der Waals surface area contributed by atoms with Gasteiger partial charge in [-0.3, -0.25) is 0 Å². The minimum absolute atomic E-state index is 0.257. The highest BCUT2D eigenvalue weighted by Gasteiger charge is 2.03. The Hall–Kier alpha value is -2.22. The van der Waals surface area contributed by atoms with Gasteiger partial charge in [-0.05, 0) is 12.1 Å². The fourth-order valence-electron chi connectivity index (χ4n) is 1.03. The lowest BCUT2D eigenvalue weighted by Crippen LogP contribution is -2.27. The molecule has 16 heavy (non-hydrogen) atoms. The van der Waals surface area contributed by atoms with Crippen LogP contribution in [0.4, 0.5) is 4.79 Å². The maximum atomic E-state index is 11.2. The quantitative estimate of drug-likeness (QED) is 0.784. The van der Waals surface area contributed by atoms with Crippen molar-refractivity contribution in [2.75, 3.05) is 13.7 Å². The summed E-state index contributed by atoms with van der Waals surface area (Å²) in [6.07, 6.45) is -0.323. The minimum atomic E-state index is -0.580. The molecule has 84 valence electrons. The summed E-state index contributed by atoms with van der Waals surface area (Å²) in [4.78, 5) is 11.2. The zero-order valence-electron chi connectivity index (χ0n) is 8.90. The average Bonchev–Trinajstić information content (AvgIpc) is 2.29. The van der Waals surface area contributed by atoms with Crippen LogP contribution in [-0.2, 0) is 0 Å². The zero-order chi connectivity index (χ0) is 11.8. The second kappa shape index (κ2) is 6.30. The molecule has 0 bridgehead atoms. The maximum Gasteiger partial charge on any atom is 0.412 e. The molecule has 0 saturated heterocycles. The van der Waals surface area contributed by atoms with Crippen molar-refractivity contribution in [1.82, 2.24) is 5.32 Å². The van der Waals surface area contributed by atoms with Crippen molar-refractivity contribution in [2.45, 2.75) is 6.42 Å².